The molecule has 11 heavy (non-hydrogen) atoms. The van der Waals surface area contributed by atoms with Crippen molar-refractivity contribution >= 4 is 9.52 Å². The molecule has 0 amide bonds. The first-order chi connectivity index (χ1) is 5.43. The van der Waals surface area contributed by atoms with Crippen molar-refractivity contribution in [2.75, 3.05) is 0 Å². The van der Waals surface area contributed by atoms with Crippen LogP contribution in [-0.4, -0.2) is 9.52 Å². The maximum atomic E-state index is 5.09. The zero-order chi connectivity index (χ0) is 7.94. The molecule has 1 atom stereocenters. The van der Waals surface area contributed by atoms with Crippen molar-refractivity contribution in [3.8, 4) is 24.2 Å². The SMILES string of the molecule is C#CC=C[SiH2]C1C#CCCC1. The number of hydrogen-bond acceptors (Lipinski definition) is 0. The van der Waals surface area contributed by atoms with Gasteiger partial charge in [0.2, 0.25) is 0 Å². The van der Waals surface area contributed by atoms with Crippen LogP contribution in [0.1, 0.15) is 19.3 Å². The van der Waals surface area contributed by atoms with E-state index in [0.29, 0.717) is 5.54 Å². The van der Waals surface area contributed by atoms with Crippen LogP contribution in [0.5, 0.6) is 0 Å². The predicted octanol–water partition coefficient (Wildman–Crippen LogP) is 1.28. The third-order valence-electron chi connectivity index (χ3n) is 1.80. The summed E-state index contributed by atoms with van der Waals surface area (Å²) in [4.78, 5) is 0. The number of terminal acetylenes is 1. The van der Waals surface area contributed by atoms with Gasteiger partial charge in [-0.05, 0) is 18.9 Å². The monoisotopic (exact) mass is 160 g/mol. The average Bonchev–Trinajstić information content (AvgIpc) is 2.07. The topological polar surface area (TPSA) is 0 Å². The predicted molar refractivity (Wildman–Crippen MR) is 51.9 cm³/mol. The maximum Gasteiger partial charge on any atom is 0.0634 e. The number of allylic oxidation sites excluding steroid dienone is 1. The number of rotatable bonds is 2. The highest BCUT2D eigenvalue weighted by molar-refractivity contribution is 6.45. The Bertz CT molecular complexity index is 234. The summed E-state index contributed by atoms with van der Waals surface area (Å²) in [5.74, 6) is 8.94. The smallest absolute Gasteiger partial charge is 0.0634 e. The molecule has 0 bridgehead atoms. The van der Waals surface area contributed by atoms with Gasteiger partial charge >= 0.3 is 0 Å². The highest BCUT2D eigenvalue weighted by Crippen LogP contribution is 2.16. The molecule has 1 aliphatic carbocycles. The minimum atomic E-state index is -0.142. The molecule has 0 fully saturated rings. The largest absolute Gasteiger partial charge is 0.115 e. The molecule has 0 heterocycles. The second kappa shape index (κ2) is 4.83. The van der Waals surface area contributed by atoms with Gasteiger partial charge < -0.3 is 0 Å². The normalized spacial score (nSPS) is 23.4. The molecule has 0 saturated heterocycles. The molecule has 0 aliphatic heterocycles. The molecule has 0 saturated carbocycles. The zero-order valence-corrected chi connectivity index (χ0v) is 8.05. The summed E-state index contributed by atoms with van der Waals surface area (Å²) in [6.07, 6.45) is 10.6. The van der Waals surface area contributed by atoms with Gasteiger partial charge in [-0.15, -0.1) is 18.3 Å². The Morgan fingerprint density at radius 3 is 3.18 bits per heavy atom. The molecule has 0 spiro atoms. The van der Waals surface area contributed by atoms with E-state index in [2.05, 4.69) is 23.5 Å². The van der Waals surface area contributed by atoms with E-state index >= 15 is 0 Å². The second-order valence-corrected chi connectivity index (χ2v) is 4.64. The van der Waals surface area contributed by atoms with Gasteiger partial charge in [0, 0.05) is 12.0 Å². The van der Waals surface area contributed by atoms with Crippen LogP contribution < -0.4 is 0 Å². The lowest BCUT2D eigenvalue weighted by Gasteiger charge is -2.08. The average molecular weight is 160 g/mol. The van der Waals surface area contributed by atoms with Crippen LogP contribution in [0, 0.1) is 24.2 Å². The highest BCUT2D eigenvalue weighted by atomic mass is 28.2. The van der Waals surface area contributed by atoms with E-state index in [4.69, 9.17) is 6.42 Å². The molecule has 1 rings (SSSR count). The van der Waals surface area contributed by atoms with Crippen molar-refractivity contribution in [1.29, 1.82) is 0 Å². The van der Waals surface area contributed by atoms with Gasteiger partial charge in [0.25, 0.3) is 0 Å². The van der Waals surface area contributed by atoms with E-state index in [1.165, 1.54) is 12.8 Å². The summed E-state index contributed by atoms with van der Waals surface area (Å²) in [7, 11) is -0.142. The van der Waals surface area contributed by atoms with Gasteiger partial charge in [-0.1, -0.05) is 11.6 Å². The Morgan fingerprint density at radius 1 is 1.64 bits per heavy atom. The van der Waals surface area contributed by atoms with E-state index in [1.54, 1.807) is 0 Å². The van der Waals surface area contributed by atoms with Crippen LogP contribution in [0.3, 0.4) is 0 Å². The first kappa shape index (κ1) is 8.18. The van der Waals surface area contributed by atoms with Crippen molar-refractivity contribution in [2.24, 2.45) is 0 Å². The second-order valence-electron chi connectivity index (χ2n) is 2.72. The molecule has 1 unspecified atom stereocenters. The molecular formula is C10H12Si. The third-order valence-corrected chi connectivity index (χ3v) is 3.48. The van der Waals surface area contributed by atoms with Crippen LogP contribution in [-0.2, 0) is 0 Å². The molecule has 0 aromatic rings. The lowest BCUT2D eigenvalue weighted by Crippen LogP contribution is -2.01. The van der Waals surface area contributed by atoms with E-state index in [1.807, 2.05) is 6.08 Å². The van der Waals surface area contributed by atoms with Gasteiger partial charge in [-0.3, -0.25) is 0 Å². The lowest BCUT2D eigenvalue weighted by molar-refractivity contribution is 0.758. The first-order valence-electron chi connectivity index (χ1n) is 4.03. The van der Waals surface area contributed by atoms with Crippen LogP contribution >= 0.6 is 0 Å². The maximum absolute atomic E-state index is 5.09. The van der Waals surface area contributed by atoms with E-state index in [0.717, 1.165) is 6.42 Å². The summed E-state index contributed by atoms with van der Waals surface area (Å²) in [5.41, 5.74) is 2.87. The zero-order valence-electron chi connectivity index (χ0n) is 6.64. The first-order valence-corrected chi connectivity index (χ1v) is 5.66. The Kier molecular flexibility index (Phi) is 3.59. The van der Waals surface area contributed by atoms with Gasteiger partial charge in [0.15, 0.2) is 0 Å². The Hall–Kier alpha value is -0.923. The molecule has 1 aliphatic rings. The fourth-order valence-corrected chi connectivity index (χ4v) is 2.59. The van der Waals surface area contributed by atoms with Crippen molar-refractivity contribution < 1.29 is 0 Å². The molecule has 0 aromatic heterocycles. The summed E-state index contributed by atoms with van der Waals surface area (Å²) < 4.78 is 0. The van der Waals surface area contributed by atoms with Crippen molar-refractivity contribution in [3.05, 3.63) is 11.8 Å². The molecule has 56 valence electrons. The summed E-state index contributed by atoms with van der Waals surface area (Å²) in [6.45, 7) is 0. The lowest BCUT2D eigenvalue weighted by atomic mass is 10.1. The van der Waals surface area contributed by atoms with Crippen LogP contribution in [0.4, 0.5) is 0 Å². The fraction of sp³-hybridized carbons (Fsp3) is 0.400. The standard InChI is InChI=1S/C10H12Si/c1-2-3-9-11-10-7-5-4-6-8-10/h1,3,9-10H,4-5,7,11H2. The van der Waals surface area contributed by atoms with Crippen LogP contribution in [0.2, 0.25) is 5.54 Å². The summed E-state index contributed by atoms with van der Waals surface area (Å²) >= 11 is 0. The molecule has 1 heteroatoms. The Labute approximate surface area is 70.9 Å². The minimum Gasteiger partial charge on any atom is -0.115 e. The molecule has 0 aromatic carbocycles. The van der Waals surface area contributed by atoms with Crippen LogP contribution in [0.25, 0.3) is 0 Å². The third kappa shape index (κ3) is 3.12. The quantitative estimate of drug-likeness (QED) is 0.422. The van der Waals surface area contributed by atoms with E-state index < -0.39 is 0 Å². The molecular weight excluding hydrogens is 148 g/mol. The summed E-state index contributed by atoms with van der Waals surface area (Å²) in [6, 6.07) is 0. The number of hydrogen-bond donors (Lipinski definition) is 0. The highest BCUT2D eigenvalue weighted by Gasteiger charge is 2.05. The summed E-state index contributed by atoms with van der Waals surface area (Å²) in [5, 5.41) is 0. The molecule has 0 nitrogen and oxygen atoms in total. The van der Waals surface area contributed by atoms with Crippen molar-refractivity contribution in [2.45, 2.75) is 24.8 Å². The van der Waals surface area contributed by atoms with Gasteiger partial charge in [-0.25, -0.2) is 0 Å². The Morgan fingerprint density at radius 2 is 2.55 bits per heavy atom. The van der Waals surface area contributed by atoms with E-state index in [-0.39, 0.29) is 9.52 Å². The van der Waals surface area contributed by atoms with Gasteiger partial charge in [0.05, 0.1) is 9.52 Å². The molecule has 0 N–H and O–H groups in total. The fourth-order valence-electron chi connectivity index (χ4n) is 1.20. The Balaban J connectivity index is 2.30. The van der Waals surface area contributed by atoms with Gasteiger partial charge in [0.1, 0.15) is 0 Å². The van der Waals surface area contributed by atoms with Crippen molar-refractivity contribution in [3.63, 3.8) is 0 Å². The van der Waals surface area contributed by atoms with Gasteiger partial charge in [-0.2, -0.15) is 0 Å². The molecule has 0 radical (unpaired) electrons. The van der Waals surface area contributed by atoms with E-state index in [9.17, 15) is 0 Å². The van der Waals surface area contributed by atoms with Crippen LogP contribution in [0.15, 0.2) is 11.8 Å². The van der Waals surface area contributed by atoms with Crippen molar-refractivity contribution in [1.82, 2.24) is 0 Å². The minimum absolute atomic E-state index is 0.142.